The Hall–Kier alpha value is -0.630. The highest BCUT2D eigenvalue weighted by atomic mass is 32.2. The topological polar surface area (TPSA) is 9.23 Å². The van der Waals surface area contributed by atoms with Gasteiger partial charge in [-0.1, -0.05) is 6.42 Å². The first-order chi connectivity index (χ1) is 7.28. The van der Waals surface area contributed by atoms with Gasteiger partial charge in [-0.2, -0.15) is 0 Å². The van der Waals surface area contributed by atoms with E-state index in [0.29, 0.717) is 0 Å². The molecular formula is C13H18OS. The SMILES string of the molecule is CSc1cc(C)cc(OCC2CCC2)c1. The molecule has 15 heavy (non-hydrogen) atoms. The number of thioether (sulfide) groups is 1. The second-order valence-electron chi connectivity index (χ2n) is 4.29. The number of rotatable bonds is 4. The summed E-state index contributed by atoms with van der Waals surface area (Å²) in [6.07, 6.45) is 6.19. The Morgan fingerprint density at radius 2 is 2.13 bits per heavy atom. The van der Waals surface area contributed by atoms with E-state index in [0.717, 1.165) is 18.3 Å². The van der Waals surface area contributed by atoms with Crippen LogP contribution in [0.25, 0.3) is 0 Å². The molecule has 0 radical (unpaired) electrons. The van der Waals surface area contributed by atoms with Crippen LogP contribution >= 0.6 is 11.8 Å². The minimum absolute atomic E-state index is 0.809. The average molecular weight is 222 g/mol. The summed E-state index contributed by atoms with van der Waals surface area (Å²) in [5.74, 6) is 1.84. The molecule has 0 amide bonds. The van der Waals surface area contributed by atoms with Crippen molar-refractivity contribution in [3.63, 3.8) is 0 Å². The van der Waals surface area contributed by atoms with Crippen molar-refractivity contribution >= 4 is 11.8 Å². The van der Waals surface area contributed by atoms with Crippen molar-refractivity contribution in [2.45, 2.75) is 31.1 Å². The summed E-state index contributed by atoms with van der Waals surface area (Å²) < 4.78 is 5.82. The molecule has 1 fully saturated rings. The molecule has 1 nitrogen and oxygen atoms in total. The number of hydrogen-bond donors (Lipinski definition) is 0. The van der Waals surface area contributed by atoms with E-state index in [9.17, 15) is 0 Å². The van der Waals surface area contributed by atoms with Gasteiger partial charge in [0, 0.05) is 4.90 Å². The van der Waals surface area contributed by atoms with Gasteiger partial charge in [-0.05, 0) is 55.7 Å². The Morgan fingerprint density at radius 3 is 2.73 bits per heavy atom. The number of aryl methyl sites for hydroxylation is 1. The van der Waals surface area contributed by atoms with E-state index in [1.54, 1.807) is 11.8 Å². The number of hydrogen-bond acceptors (Lipinski definition) is 2. The van der Waals surface area contributed by atoms with Crippen molar-refractivity contribution in [3.8, 4) is 5.75 Å². The molecule has 0 atom stereocenters. The molecule has 1 aliphatic carbocycles. The predicted octanol–water partition coefficient (Wildman–Crippen LogP) is 3.90. The quantitative estimate of drug-likeness (QED) is 0.715. The van der Waals surface area contributed by atoms with Crippen molar-refractivity contribution in [1.82, 2.24) is 0 Å². The van der Waals surface area contributed by atoms with Gasteiger partial charge in [0.2, 0.25) is 0 Å². The van der Waals surface area contributed by atoms with Gasteiger partial charge in [0.1, 0.15) is 5.75 Å². The first-order valence-electron chi connectivity index (χ1n) is 5.56. The Bertz CT molecular complexity index is 331. The monoisotopic (exact) mass is 222 g/mol. The lowest BCUT2D eigenvalue weighted by Crippen LogP contribution is -2.19. The molecule has 0 aliphatic heterocycles. The second kappa shape index (κ2) is 4.93. The van der Waals surface area contributed by atoms with E-state index >= 15 is 0 Å². The maximum atomic E-state index is 5.82. The van der Waals surface area contributed by atoms with E-state index in [1.807, 2.05) is 0 Å². The van der Waals surface area contributed by atoms with Gasteiger partial charge >= 0.3 is 0 Å². The van der Waals surface area contributed by atoms with Crippen LogP contribution in [0.4, 0.5) is 0 Å². The Morgan fingerprint density at radius 1 is 1.33 bits per heavy atom. The lowest BCUT2D eigenvalue weighted by Gasteiger charge is -2.25. The van der Waals surface area contributed by atoms with Gasteiger partial charge in [0.15, 0.2) is 0 Å². The fourth-order valence-corrected chi connectivity index (χ4v) is 2.33. The van der Waals surface area contributed by atoms with Crippen LogP contribution in [-0.4, -0.2) is 12.9 Å². The minimum Gasteiger partial charge on any atom is -0.493 e. The maximum absolute atomic E-state index is 5.82. The minimum atomic E-state index is 0.809. The molecule has 0 aromatic heterocycles. The third kappa shape index (κ3) is 2.91. The van der Waals surface area contributed by atoms with Crippen LogP contribution in [0.15, 0.2) is 23.1 Å². The van der Waals surface area contributed by atoms with Gasteiger partial charge in [0.25, 0.3) is 0 Å². The largest absolute Gasteiger partial charge is 0.493 e. The summed E-state index contributed by atoms with van der Waals surface area (Å²) in [6, 6.07) is 6.45. The molecule has 1 aliphatic rings. The van der Waals surface area contributed by atoms with E-state index < -0.39 is 0 Å². The third-order valence-corrected chi connectivity index (χ3v) is 3.68. The lowest BCUT2D eigenvalue weighted by atomic mass is 9.86. The van der Waals surface area contributed by atoms with E-state index in [2.05, 4.69) is 31.4 Å². The van der Waals surface area contributed by atoms with Crippen LogP contribution in [0.1, 0.15) is 24.8 Å². The predicted molar refractivity (Wildman–Crippen MR) is 65.8 cm³/mol. The maximum Gasteiger partial charge on any atom is 0.120 e. The van der Waals surface area contributed by atoms with Crippen LogP contribution < -0.4 is 4.74 Å². The number of ether oxygens (including phenoxy) is 1. The lowest BCUT2D eigenvalue weighted by molar-refractivity contribution is 0.180. The first-order valence-corrected chi connectivity index (χ1v) is 6.79. The van der Waals surface area contributed by atoms with Gasteiger partial charge in [-0.15, -0.1) is 11.8 Å². The van der Waals surface area contributed by atoms with Crippen molar-refractivity contribution < 1.29 is 4.74 Å². The van der Waals surface area contributed by atoms with Gasteiger partial charge in [-0.25, -0.2) is 0 Å². The van der Waals surface area contributed by atoms with Crippen molar-refractivity contribution in [1.29, 1.82) is 0 Å². The molecule has 1 aromatic rings. The fraction of sp³-hybridized carbons (Fsp3) is 0.538. The molecule has 82 valence electrons. The molecule has 0 heterocycles. The highest BCUT2D eigenvalue weighted by Crippen LogP contribution is 2.28. The van der Waals surface area contributed by atoms with Gasteiger partial charge in [-0.3, -0.25) is 0 Å². The highest BCUT2D eigenvalue weighted by Gasteiger charge is 2.17. The molecule has 1 saturated carbocycles. The zero-order valence-electron chi connectivity index (χ0n) is 9.45. The van der Waals surface area contributed by atoms with Crippen LogP contribution in [0.3, 0.4) is 0 Å². The molecule has 1 aromatic carbocycles. The molecule has 0 bridgehead atoms. The van der Waals surface area contributed by atoms with Gasteiger partial charge < -0.3 is 4.74 Å². The average Bonchev–Trinajstić information content (AvgIpc) is 2.14. The van der Waals surface area contributed by atoms with Crippen molar-refractivity contribution in [2.75, 3.05) is 12.9 Å². The summed E-state index contributed by atoms with van der Waals surface area (Å²) in [4.78, 5) is 1.29. The molecule has 2 rings (SSSR count). The fourth-order valence-electron chi connectivity index (χ4n) is 1.79. The molecular weight excluding hydrogens is 204 g/mol. The normalized spacial score (nSPS) is 16.1. The van der Waals surface area contributed by atoms with Crippen LogP contribution in [0.2, 0.25) is 0 Å². The first kappa shape index (κ1) is 10.9. The standard InChI is InChI=1S/C13H18OS/c1-10-6-12(8-13(7-10)15-2)14-9-11-4-3-5-11/h6-8,11H,3-5,9H2,1-2H3. The summed E-state index contributed by atoms with van der Waals surface area (Å²) in [5.41, 5.74) is 1.28. The van der Waals surface area contributed by atoms with Crippen molar-refractivity contribution in [3.05, 3.63) is 23.8 Å². The van der Waals surface area contributed by atoms with Crippen LogP contribution in [0, 0.1) is 12.8 Å². The van der Waals surface area contributed by atoms with E-state index in [1.165, 1.54) is 29.7 Å². The van der Waals surface area contributed by atoms with Crippen molar-refractivity contribution in [2.24, 2.45) is 5.92 Å². The van der Waals surface area contributed by atoms with Crippen LogP contribution in [0.5, 0.6) is 5.75 Å². The summed E-state index contributed by atoms with van der Waals surface area (Å²) in [7, 11) is 0. The second-order valence-corrected chi connectivity index (χ2v) is 5.17. The molecule has 0 N–H and O–H groups in total. The third-order valence-electron chi connectivity index (χ3n) is 2.97. The molecule has 0 spiro atoms. The number of benzene rings is 1. The zero-order chi connectivity index (χ0) is 10.7. The summed E-state index contributed by atoms with van der Waals surface area (Å²) in [6.45, 7) is 3.02. The zero-order valence-corrected chi connectivity index (χ0v) is 10.3. The molecule has 2 heteroatoms. The summed E-state index contributed by atoms with van der Waals surface area (Å²) >= 11 is 1.77. The molecule has 0 unspecified atom stereocenters. The van der Waals surface area contributed by atoms with Gasteiger partial charge in [0.05, 0.1) is 6.61 Å². The smallest absolute Gasteiger partial charge is 0.120 e. The highest BCUT2D eigenvalue weighted by molar-refractivity contribution is 7.98. The Kier molecular flexibility index (Phi) is 3.57. The van der Waals surface area contributed by atoms with E-state index in [-0.39, 0.29) is 0 Å². The van der Waals surface area contributed by atoms with Crippen LogP contribution in [-0.2, 0) is 0 Å². The Balaban J connectivity index is 1.96. The summed E-state index contributed by atoms with van der Waals surface area (Å²) in [5, 5.41) is 0. The Labute approximate surface area is 96.2 Å². The molecule has 0 saturated heterocycles. The van der Waals surface area contributed by atoms with E-state index in [4.69, 9.17) is 4.74 Å².